The van der Waals surface area contributed by atoms with E-state index in [0.717, 1.165) is 16.7 Å². The summed E-state index contributed by atoms with van der Waals surface area (Å²) in [6.07, 6.45) is 0.309. The van der Waals surface area contributed by atoms with Gasteiger partial charge in [-0.3, -0.25) is 4.79 Å². The van der Waals surface area contributed by atoms with Crippen LogP contribution in [0.25, 0.3) is 11.1 Å². The minimum absolute atomic E-state index is 0.00524. The molecule has 0 atom stereocenters. The van der Waals surface area contributed by atoms with Gasteiger partial charge < -0.3 is 10.1 Å². The molecule has 160 valence electrons. The molecule has 3 aromatic carbocycles. The second-order valence-corrected chi connectivity index (χ2v) is 7.57. The summed E-state index contributed by atoms with van der Waals surface area (Å²) in [5, 5.41) is 2.69. The Kier molecular flexibility index (Phi) is 6.32. The topological polar surface area (TPSA) is 55.4 Å². The Balaban J connectivity index is 1.32. The Morgan fingerprint density at radius 1 is 1.06 bits per heavy atom. The maximum Gasteiger partial charge on any atom is 0.407 e. The average molecular weight is 427 g/mol. The third-order valence-corrected chi connectivity index (χ3v) is 5.59. The second kappa shape index (κ2) is 9.49. The third-order valence-electron chi connectivity index (χ3n) is 5.59. The van der Waals surface area contributed by atoms with Crippen molar-refractivity contribution in [3.63, 3.8) is 0 Å². The van der Waals surface area contributed by atoms with Crippen LogP contribution >= 0.6 is 0 Å². The number of hydrogen-bond donors (Lipinski definition) is 1. The molecule has 0 saturated heterocycles. The Labute approximate surface area is 186 Å². The Hall–Kier alpha value is -3.91. The zero-order valence-corrected chi connectivity index (χ0v) is 17.7. The molecule has 0 fully saturated rings. The van der Waals surface area contributed by atoms with Crippen molar-refractivity contribution in [3.05, 3.63) is 94.3 Å². The molecular weight excluding hydrogens is 405 g/mol. The molecule has 32 heavy (non-hydrogen) atoms. The molecule has 1 aliphatic carbocycles. The number of halogens is 1. The monoisotopic (exact) mass is 427 g/mol. The molecular formula is C27H22FNO3. The third kappa shape index (κ3) is 4.26. The highest BCUT2D eigenvalue weighted by Gasteiger charge is 2.28. The number of carbonyl (C=O) groups excluding carboxylic acids is 2. The number of aldehydes is 1. The van der Waals surface area contributed by atoms with Crippen LogP contribution in [0.15, 0.2) is 60.7 Å². The zero-order chi connectivity index (χ0) is 22.5. The quantitative estimate of drug-likeness (QED) is 0.345. The maximum atomic E-state index is 13.7. The van der Waals surface area contributed by atoms with Crippen LogP contribution in [0.2, 0.25) is 0 Å². The highest BCUT2D eigenvalue weighted by atomic mass is 19.1. The lowest BCUT2D eigenvalue weighted by Crippen LogP contribution is -2.26. The van der Waals surface area contributed by atoms with Crippen molar-refractivity contribution in [1.29, 1.82) is 0 Å². The Morgan fingerprint density at radius 3 is 2.38 bits per heavy atom. The first-order valence-electron chi connectivity index (χ1n) is 10.4. The van der Waals surface area contributed by atoms with Crippen molar-refractivity contribution in [2.45, 2.75) is 19.3 Å². The van der Waals surface area contributed by atoms with E-state index in [0.29, 0.717) is 18.3 Å². The summed E-state index contributed by atoms with van der Waals surface area (Å²) >= 11 is 0. The SMILES string of the molecule is Cc1ccc(F)c(C=O)c1C#CCCNC(=O)OCC1c2ccccc2-c2ccccc21. The van der Waals surface area contributed by atoms with E-state index in [4.69, 9.17) is 4.74 Å². The van der Waals surface area contributed by atoms with Crippen LogP contribution in [0.1, 0.15) is 45.0 Å². The van der Waals surface area contributed by atoms with Gasteiger partial charge in [-0.15, -0.1) is 0 Å². The molecule has 0 saturated carbocycles. The minimum atomic E-state index is -0.591. The first kappa shape index (κ1) is 21.3. The van der Waals surface area contributed by atoms with E-state index in [2.05, 4.69) is 41.4 Å². The summed E-state index contributed by atoms with van der Waals surface area (Å²) in [5.74, 6) is 5.12. The van der Waals surface area contributed by atoms with Crippen molar-refractivity contribution in [1.82, 2.24) is 5.32 Å². The van der Waals surface area contributed by atoms with Crippen LogP contribution in [0.4, 0.5) is 9.18 Å². The van der Waals surface area contributed by atoms with E-state index < -0.39 is 11.9 Å². The van der Waals surface area contributed by atoms with E-state index in [1.807, 2.05) is 24.3 Å². The van der Waals surface area contributed by atoms with Crippen LogP contribution in [0.5, 0.6) is 0 Å². The molecule has 0 bridgehead atoms. The number of rotatable bonds is 5. The first-order chi connectivity index (χ1) is 15.6. The summed E-state index contributed by atoms with van der Waals surface area (Å²) in [6, 6.07) is 19.2. The number of aryl methyl sites for hydroxylation is 1. The fourth-order valence-electron chi connectivity index (χ4n) is 4.01. The van der Waals surface area contributed by atoms with Gasteiger partial charge in [0.2, 0.25) is 0 Å². The van der Waals surface area contributed by atoms with Crippen molar-refractivity contribution >= 4 is 12.4 Å². The smallest absolute Gasteiger partial charge is 0.407 e. The zero-order valence-electron chi connectivity index (χ0n) is 17.7. The lowest BCUT2D eigenvalue weighted by molar-refractivity contribution is 0.111. The van der Waals surface area contributed by atoms with Crippen LogP contribution in [-0.2, 0) is 4.74 Å². The van der Waals surface area contributed by atoms with Gasteiger partial charge >= 0.3 is 6.09 Å². The van der Waals surface area contributed by atoms with Gasteiger partial charge in [0.25, 0.3) is 0 Å². The number of carbonyl (C=O) groups is 2. The molecule has 0 radical (unpaired) electrons. The molecule has 0 aromatic heterocycles. The van der Waals surface area contributed by atoms with Crippen LogP contribution in [0.3, 0.4) is 0 Å². The van der Waals surface area contributed by atoms with Crippen molar-refractivity contribution < 1.29 is 18.7 Å². The highest BCUT2D eigenvalue weighted by molar-refractivity contribution is 5.81. The number of nitrogens with one attached hydrogen (secondary N) is 1. The number of hydrogen-bond acceptors (Lipinski definition) is 3. The van der Waals surface area contributed by atoms with Gasteiger partial charge in [-0.1, -0.05) is 66.4 Å². The molecule has 4 nitrogen and oxygen atoms in total. The molecule has 0 aliphatic heterocycles. The Morgan fingerprint density at radius 2 is 1.72 bits per heavy atom. The fourth-order valence-corrected chi connectivity index (χ4v) is 4.01. The second-order valence-electron chi connectivity index (χ2n) is 7.57. The number of ether oxygens (including phenoxy) is 1. The number of amides is 1. The largest absolute Gasteiger partial charge is 0.449 e. The number of fused-ring (bicyclic) bond motifs is 3. The first-order valence-corrected chi connectivity index (χ1v) is 10.4. The number of alkyl carbamates (subject to hydrolysis) is 1. The highest BCUT2D eigenvalue weighted by Crippen LogP contribution is 2.44. The van der Waals surface area contributed by atoms with E-state index in [-0.39, 0.29) is 24.6 Å². The lowest BCUT2D eigenvalue weighted by Gasteiger charge is -2.14. The van der Waals surface area contributed by atoms with Crippen molar-refractivity contribution in [2.24, 2.45) is 0 Å². The van der Waals surface area contributed by atoms with Gasteiger partial charge in [-0.2, -0.15) is 0 Å². The van der Waals surface area contributed by atoms with E-state index in [9.17, 15) is 14.0 Å². The molecule has 1 amide bonds. The molecule has 3 aromatic rings. The van der Waals surface area contributed by atoms with E-state index >= 15 is 0 Å². The molecule has 0 spiro atoms. The molecule has 0 unspecified atom stereocenters. The van der Waals surface area contributed by atoms with E-state index in [1.165, 1.54) is 17.2 Å². The average Bonchev–Trinajstić information content (AvgIpc) is 3.13. The Bertz CT molecular complexity index is 1190. The summed E-state index contributed by atoms with van der Waals surface area (Å²) in [7, 11) is 0. The van der Waals surface area contributed by atoms with Crippen LogP contribution < -0.4 is 5.32 Å². The molecule has 0 heterocycles. The minimum Gasteiger partial charge on any atom is -0.449 e. The lowest BCUT2D eigenvalue weighted by atomic mass is 9.98. The van der Waals surface area contributed by atoms with Gasteiger partial charge in [0, 0.05) is 24.4 Å². The van der Waals surface area contributed by atoms with Gasteiger partial charge in [-0.05, 0) is 40.8 Å². The summed E-state index contributed by atoms with van der Waals surface area (Å²) < 4.78 is 19.2. The molecule has 4 rings (SSSR count). The number of benzene rings is 3. The normalized spacial score (nSPS) is 11.7. The van der Waals surface area contributed by atoms with Crippen LogP contribution in [0, 0.1) is 24.6 Å². The van der Waals surface area contributed by atoms with Gasteiger partial charge in [0.15, 0.2) is 6.29 Å². The van der Waals surface area contributed by atoms with Gasteiger partial charge in [0.1, 0.15) is 12.4 Å². The van der Waals surface area contributed by atoms with Gasteiger partial charge in [0.05, 0.1) is 5.56 Å². The molecule has 5 heteroatoms. The van der Waals surface area contributed by atoms with E-state index in [1.54, 1.807) is 13.0 Å². The summed E-state index contributed by atoms with van der Waals surface area (Å²) in [5.41, 5.74) is 5.73. The standard InChI is InChI=1S/C27H22FNO3/c1-18-13-14-26(28)24(16-30)19(18)8-6-7-15-29-27(31)32-17-25-22-11-4-2-9-20(22)21-10-3-5-12-23(21)25/h2-5,9-14,16,25H,7,15,17H2,1H3,(H,29,31). The maximum absolute atomic E-state index is 13.7. The van der Waals surface area contributed by atoms with Crippen molar-refractivity contribution in [3.8, 4) is 23.0 Å². The predicted molar refractivity (Wildman–Crippen MR) is 121 cm³/mol. The van der Waals surface area contributed by atoms with Crippen LogP contribution in [-0.4, -0.2) is 25.5 Å². The molecule has 1 N–H and O–H groups in total. The fraction of sp³-hybridized carbons (Fsp3) is 0.185. The van der Waals surface area contributed by atoms with Crippen molar-refractivity contribution in [2.75, 3.05) is 13.2 Å². The summed E-state index contributed by atoms with van der Waals surface area (Å²) in [6.45, 7) is 2.30. The molecule has 1 aliphatic rings. The summed E-state index contributed by atoms with van der Waals surface area (Å²) in [4.78, 5) is 23.3. The predicted octanol–water partition coefficient (Wildman–Crippen LogP) is 5.23. The van der Waals surface area contributed by atoms with Gasteiger partial charge in [-0.25, -0.2) is 9.18 Å².